The monoisotopic (exact) mass is 365 g/mol. The highest BCUT2D eigenvalue weighted by Gasteiger charge is 2.22. The van der Waals surface area contributed by atoms with Crippen LogP contribution in [0, 0.1) is 0 Å². The minimum atomic E-state index is -3.55. The van der Waals surface area contributed by atoms with E-state index in [1.165, 1.54) is 25.3 Å². The Morgan fingerprint density at radius 3 is 2.76 bits per heavy atom. The molecule has 0 spiro atoms. The fourth-order valence-electron chi connectivity index (χ4n) is 2.10. The van der Waals surface area contributed by atoms with E-state index < -0.39 is 15.7 Å². The molecule has 0 aliphatic carbocycles. The Hall–Kier alpha value is -2.88. The molecule has 1 aliphatic rings. The number of nitrogens with one attached hydrogen (secondary N) is 1. The normalized spacial score (nSPS) is 14.2. The Kier molecular flexibility index (Phi) is 4.70. The molecule has 0 saturated heterocycles. The predicted molar refractivity (Wildman–Crippen MR) is 86.3 cm³/mol. The third-order valence-electron chi connectivity index (χ3n) is 3.35. The van der Waals surface area contributed by atoms with Gasteiger partial charge in [-0.2, -0.15) is 0 Å². The van der Waals surface area contributed by atoms with Gasteiger partial charge in [-0.15, -0.1) is 5.10 Å². The smallest absolute Gasteiger partial charge is 0.322 e. The number of hydrogen-bond acceptors (Lipinski definition) is 8. The van der Waals surface area contributed by atoms with Gasteiger partial charge in [0.2, 0.25) is 5.76 Å². The van der Waals surface area contributed by atoms with Gasteiger partial charge in [0.1, 0.15) is 19.5 Å². The van der Waals surface area contributed by atoms with Crippen molar-refractivity contribution in [1.82, 2.24) is 10.2 Å². The number of nitrogens with zero attached hydrogens (tertiary/aromatic N) is 2. The van der Waals surface area contributed by atoms with Crippen molar-refractivity contribution >= 4 is 27.5 Å². The van der Waals surface area contributed by atoms with Gasteiger partial charge in [-0.05, 0) is 12.1 Å². The summed E-state index contributed by atoms with van der Waals surface area (Å²) in [5.41, 5.74) is 0.000523. The molecule has 9 nitrogen and oxygen atoms in total. The van der Waals surface area contributed by atoms with Gasteiger partial charge < -0.3 is 13.9 Å². The van der Waals surface area contributed by atoms with Crippen LogP contribution in [0.25, 0.3) is 5.76 Å². The molecule has 0 radical (unpaired) electrons. The number of hydrogen-bond donors (Lipinski definition) is 1. The Bertz CT molecular complexity index is 919. The molecule has 1 amide bonds. The van der Waals surface area contributed by atoms with E-state index >= 15 is 0 Å². The number of carbonyl (C=O) groups is 1. The molecule has 1 N–H and O–H groups in total. The fourth-order valence-corrected chi connectivity index (χ4v) is 3.19. The molecule has 0 unspecified atom stereocenters. The van der Waals surface area contributed by atoms with Crippen molar-refractivity contribution in [3.63, 3.8) is 0 Å². The molecule has 1 aliphatic heterocycles. The van der Waals surface area contributed by atoms with E-state index in [-0.39, 0.29) is 33.9 Å². The molecule has 1 aromatic heterocycles. The van der Waals surface area contributed by atoms with E-state index in [4.69, 9.17) is 13.9 Å². The molecule has 25 heavy (non-hydrogen) atoms. The van der Waals surface area contributed by atoms with E-state index in [0.29, 0.717) is 13.2 Å². The van der Waals surface area contributed by atoms with Crippen LogP contribution in [0.5, 0.6) is 0 Å². The number of amides is 1. The van der Waals surface area contributed by atoms with Crippen LogP contribution in [0.1, 0.15) is 23.2 Å². The summed E-state index contributed by atoms with van der Waals surface area (Å²) in [5, 5.41) is 9.83. The maximum Gasteiger partial charge on any atom is 0.322 e. The second kappa shape index (κ2) is 6.93. The molecule has 1 aromatic carbocycles. The van der Waals surface area contributed by atoms with Crippen molar-refractivity contribution in [3.8, 4) is 0 Å². The van der Waals surface area contributed by atoms with Gasteiger partial charge in [0.25, 0.3) is 11.8 Å². The van der Waals surface area contributed by atoms with Gasteiger partial charge >= 0.3 is 6.01 Å². The van der Waals surface area contributed by atoms with Crippen molar-refractivity contribution in [2.45, 2.75) is 11.8 Å². The van der Waals surface area contributed by atoms with Gasteiger partial charge in [-0.1, -0.05) is 24.2 Å². The first-order valence-corrected chi connectivity index (χ1v) is 9.08. The van der Waals surface area contributed by atoms with Gasteiger partial charge in [-0.3, -0.25) is 10.1 Å². The first kappa shape index (κ1) is 17.0. The molecule has 0 saturated carbocycles. The summed E-state index contributed by atoms with van der Waals surface area (Å²) >= 11 is 0. The lowest BCUT2D eigenvalue weighted by Crippen LogP contribution is -2.17. The van der Waals surface area contributed by atoms with Gasteiger partial charge in [0.05, 0.1) is 16.2 Å². The van der Waals surface area contributed by atoms with Crippen LogP contribution in [0.2, 0.25) is 0 Å². The molecular formula is C15H15N3O6S. The van der Waals surface area contributed by atoms with E-state index in [1.54, 1.807) is 12.1 Å². The average Bonchev–Trinajstić information content (AvgIpc) is 3.11. The van der Waals surface area contributed by atoms with Crippen LogP contribution >= 0.6 is 0 Å². The predicted octanol–water partition coefficient (Wildman–Crippen LogP) is 1.46. The third kappa shape index (κ3) is 3.63. The fraction of sp³-hybridized carbons (Fsp3) is 0.267. The van der Waals surface area contributed by atoms with Crippen LogP contribution in [-0.4, -0.2) is 43.5 Å². The van der Waals surface area contributed by atoms with Crippen LogP contribution in [0.3, 0.4) is 0 Å². The first-order chi connectivity index (χ1) is 12.0. The largest absolute Gasteiger partial charge is 0.494 e. The van der Waals surface area contributed by atoms with Crippen molar-refractivity contribution in [2.24, 2.45) is 0 Å². The highest BCUT2D eigenvalue weighted by molar-refractivity contribution is 7.91. The van der Waals surface area contributed by atoms with Gasteiger partial charge in [0, 0.05) is 0 Å². The number of anilines is 1. The maximum absolute atomic E-state index is 12.4. The average molecular weight is 365 g/mol. The Morgan fingerprint density at radius 1 is 1.24 bits per heavy atom. The lowest BCUT2D eigenvalue weighted by Gasteiger charge is -2.12. The topological polar surface area (TPSA) is 121 Å². The third-order valence-corrected chi connectivity index (χ3v) is 5.14. The highest BCUT2D eigenvalue weighted by Crippen LogP contribution is 2.21. The number of sulfone groups is 1. The first-order valence-electron chi connectivity index (χ1n) is 7.43. The van der Waals surface area contributed by atoms with Gasteiger partial charge in [0.15, 0.2) is 9.84 Å². The van der Waals surface area contributed by atoms with E-state index in [2.05, 4.69) is 15.5 Å². The minimum absolute atomic E-state index is 0.000523. The summed E-state index contributed by atoms with van der Waals surface area (Å²) in [6.07, 6.45) is 1.34. The second-order valence-electron chi connectivity index (χ2n) is 4.97. The number of ether oxygens (including phenoxy) is 2. The molecule has 0 bridgehead atoms. The zero-order chi connectivity index (χ0) is 17.9. The minimum Gasteiger partial charge on any atom is -0.494 e. The molecule has 0 atom stereocenters. The molecule has 0 fully saturated rings. The van der Waals surface area contributed by atoms with Crippen molar-refractivity contribution in [1.29, 1.82) is 0 Å². The molecule has 132 valence electrons. The van der Waals surface area contributed by atoms with Crippen molar-refractivity contribution in [3.05, 3.63) is 42.0 Å². The van der Waals surface area contributed by atoms with Gasteiger partial charge in [-0.25, -0.2) is 8.42 Å². The van der Waals surface area contributed by atoms with Crippen LogP contribution in [0.15, 0.2) is 39.8 Å². The number of rotatable bonds is 5. The van der Waals surface area contributed by atoms with Crippen molar-refractivity contribution in [2.75, 3.05) is 24.3 Å². The lowest BCUT2D eigenvalue weighted by atomic mass is 10.2. The van der Waals surface area contributed by atoms with E-state index in [1.807, 2.05) is 0 Å². The maximum atomic E-state index is 12.4. The summed E-state index contributed by atoms with van der Waals surface area (Å²) in [6.45, 7) is 2.27. The summed E-state index contributed by atoms with van der Waals surface area (Å²) < 4.78 is 39.9. The molecule has 10 heteroatoms. The molecule has 3 rings (SSSR count). The molecular weight excluding hydrogens is 350 g/mol. The zero-order valence-corrected chi connectivity index (χ0v) is 14.1. The van der Waals surface area contributed by atoms with Crippen LogP contribution in [0.4, 0.5) is 6.01 Å². The Morgan fingerprint density at radius 2 is 2.04 bits per heavy atom. The second-order valence-corrected chi connectivity index (χ2v) is 7.21. The van der Waals surface area contributed by atoms with E-state index in [0.717, 1.165) is 0 Å². The summed E-state index contributed by atoms with van der Waals surface area (Å²) in [7, 11) is -3.55. The summed E-state index contributed by atoms with van der Waals surface area (Å²) in [4.78, 5) is 12.4. The van der Waals surface area contributed by atoms with E-state index in [9.17, 15) is 13.2 Å². The quantitative estimate of drug-likeness (QED) is 0.845. The van der Waals surface area contributed by atoms with Crippen LogP contribution < -0.4 is 5.32 Å². The number of carbonyl (C=O) groups excluding carboxylic acids is 1. The van der Waals surface area contributed by atoms with Crippen LogP contribution in [-0.2, 0) is 19.3 Å². The summed E-state index contributed by atoms with van der Waals surface area (Å²) in [6, 6.07) is 5.73. The number of benzene rings is 1. The Labute approximate surface area is 143 Å². The lowest BCUT2D eigenvalue weighted by molar-refractivity contribution is 0.102. The molecule has 2 aromatic rings. The summed E-state index contributed by atoms with van der Waals surface area (Å²) in [5.74, 6) is -0.483. The SMILES string of the molecule is CCS(=O)(=O)c1ccccc1C(=O)Nc1nnc(C2=COCCO2)o1. The Balaban J connectivity index is 1.82. The zero-order valence-electron chi connectivity index (χ0n) is 13.3. The number of aromatic nitrogens is 2. The highest BCUT2D eigenvalue weighted by atomic mass is 32.2. The standard InChI is InChI=1S/C15H15N3O6S/c1-2-25(20,21)12-6-4-3-5-10(12)13(19)16-15-18-17-14(24-15)11-9-22-7-8-23-11/h3-6,9H,2,7-8H2,1H3,(H,16,18,19). The van der Waals surface area contributed by atoms with Crippen molar-refractivity contribution < 1.29 is 27.1 Å². The molecule has 2 heterocycles.